The topological polar surface area (TPSA) is 92.8 Å². The number of amides is 1. The average molecular weight is 544 g/mol. The van der Waals surface area contributed by atoms with Crippen molar-refractivity contribution >= 4 is 50.3 Å². The molecule has 3 aromatic carbocycles. The number of rotatable bonds is 8. The number of hydrogen-bond acceptors (Lipinski definition) is 5. The molecule has 0 aliphatic carbocycles. The number of methoxy groups -OCH3 is 1. The third kappa shape index (κ3) is 5.03. The molecule has 0 aliphatic heterocycles. The van der Waals surface area contributed by atoms with Crippen molar-refractivity contribution in [1.82, 2.24) is 4.73 Å². The van der Waals surface area contributed by atoms with Crippen LogP contribution in [0.15, 0.2) is 71.2 Å². The number of primary amides is 1. The number of nitrogens with two attached hydrogens (primary N) is 1. The van der Waals surface area contributed by atoms with Gasteiger partial charge in [-0.1, -0.05) is 57.9 Å². The Balaban J connectivity index is 1.81. The van der Waals surface area contributed by atoms with E-state index in [1.165, 1.54) is 17.9 Å². The first-order chi connectivity index (χ1) is 16.4. The molecule has 0 aliphatic rings. The Morgan fingerprint density at radius 1 is 1.00 bits per heavy atom. The lowest BCUT2D eigenvalue weighted by Gasteiger charge is -2.14. The van der Waals surface area contributed by atoms with E-state index in [1.807, 2.05) is 36.4 Å². The number of aromatic nitrogens is 1. The van der Waals surface area contributed by atoms with Gasteiger partial charge in [-0.3, -0.25) is 4.79 Å². The molecule has 9 heteroatoms. The number of esters is 1. The molecule has 0 spiro atoms. The lowest BCUT2D eigenvalue weighted by molar-refractivity contribution is 0.0570. The van der Waals surface area contributed by atoms with Gasteiger partial charge >= 0.3 is 5.97 Å². The molecule has 0 bridgehead atoms. The predicted molar refractivity (Wildman–Crippen MR) is 132 cm³/mol. The Labute approximate surface area is 209 Å². The second-order valence-electron chi connectivity index (χ2n) is 7.38. The van der Waals surface area contributed by atoms with Crippen molar-refractivity contribution in [2.24, 2.45) is 5.73 Å². The average Bonchev–Trinajstić information content (AvgIpc) is 3.14. The normalized spacial score (nSPS) is 10.8. The van der Waals surface area contributed by atoms with Crippen LogP contribution < -0.4 is 15.3 Å². The maximum atomic E-state index is 12.8. The maximum Gasteiger partial charge on any atom is 0.344 e. The summed E-state index contributed by atoms with van der Waals surface area (Å²) in [7, 11) is 1.29. The van der Waals surface area contributed by atoms with E-state index >= 15 is 0 Å². The first kappa shape index (κ1) is 23.7. The summed E-state index contributed by atoms with van der Waals surface area (Å²) in [5.41, 5.74) is 8.04. The van der Waals surface area contributed by atoms with Crippen LogP contribution >= 0.6 is 27.5 Å². The summed E-state index contributed by atoms with van der Waals surface area (Å²) in [6.07, 6.45) is 0. The molecular formula is C25H20BrClN2O5. The number of benzene rings is 3. The monoisotopic (exact) mass is 542 g/mol. The van der Waals surface area contributed by atoms with E-state index in [0.29, 0.717) is 15.9 Å². The van der Waals surface area contributed by atoms with E-state index in [0.717, 1.165) is 15.6 Å². The van der Waals surface area contributed by atoms with E-state index in [2.05, 4.69) is 15.9 Å². The van der Waals surface area contributed by atoms with Crippen LogP contribution in [-0.4, -0.2) is 23.7 Å². The quantitative estimate of drug-likeness (QED) is 0.310. The number of carbonyl (C=O) groups is 2. The molecule has 1 amide bonds. The first-order valence-corrected chi connectivity index (χ1v) is 11.4. The van der Waals surface area contributed by atoms with E-state index in [9.17, 15) is 9.59 Å². The summed E-state index contributed by atoms with van der Waals surface area (Å²) in [5, 5.41) is 1.06. The number of fused-ring (bicyclic) bond motifs is 1. The third-order valence-corrected chi connectivity index (χ3v) is 5.86. The molecule has 34 heavy (non-hydrogen) atoms. The van der Waals surface area contributed by atoms with Gasteiger partial charge in [0.2, 0.25) is 11.8 Å². The van der Waals surface area contributed by atoms with Crippen molar-refractivity contribution in [3.63, 3.8) is 0 Å². The van der Waals surface area contributed by atoms with Crippen molar-refractivity contribution < 1.29 is 23.9 Å². The first-order valence-electron chi connectivity index (χ1n) is 10.2. The molecule has 0 atom stereocenters. The van der Waals surface area contributed by atoms with Gasteiger partial charge < -0.3 is 20.0 Å². The highest BCUT2D eigenvalue weighted by molar-refractivity contribution is 9.10. The van der Waals surface area contributed by atoms with E-state index < -0.39 is 11.9 Å². The number of ether oxygens (including phenoxy) is 2. The fourth-order valence-electron chi connectivity index (χ4n) is 3.45. The molecule has 1 heterocycles. The van der Waals surface area contributed by atoms with Crippen LogP contribution in [0.25, 0.3) is 10.9 Å². The van der Waals surface area contributed by atoms with Gasteiger partial charge in [0, 0.05) is 20.4 Å². The molecule has 4 aromatic rings. The smallest absolute Gasteiger partial charge is 0.344 e. The minimum absolute atomic E-state index is 0.125. The number of hydrogen-bond donors (Lipinski definition) is 1. The van der Waals surface area contributed by atoms with Crippen molar-refractivity contribution in [1.29, 1.82) is 0 Å². The lowest BCUT2D eigenvalue weighted by atomic mass is 10.1. The molecule has 7 nitrogen and oxygen atoms in total. The number of carbonyl (C=O) groups excluding carboxylic acids is 2. The summed E-state index contributed by atoms with van der Waals surface area (Å²) in [6, 6.07) is 19.5. The van der Waals surface area contributed by atoms with Gasteiger partial charge in [0.05, 0.1) is 12.6 Å². The Bertz CT molecular complexity index is 1370. The van der Waals surface area contributed by atoms with Crippen LogP contribution in [0.2, 0.25) is 5.02 Å². The van der Waals surface area contributed by atoms with Gasteiger partial charge in [0.15, 0.2) is 0 Å². The van der Waals surface area contributed by atoms with E-state index in [4.69, 9.17) is 31.6 Å². The molecular weight excluding hydrogens is 524 g/mol. The standard InChI is InChI=1S/C25H20BrClN2O5/c1-32-25(31)22-20-10-7-17(23(28)30)12-21(20)29(34-14-16-3-2-4-19(27)11-16)24(22)33-13-15-5-8-18(26)9-6-15/h2-12H,13-14H2,1H3,(H2,28,30). The highest BCUT2D eigenvalue weighted by Crippen LogP contribution is 2.34. The zero-order valence-corrected chi connectivity index (χ0v) is 20.4. The fraction of sp³-hybridized carbons (Fsp3) is 0.120. The van der Waals surface area contributed by atoms with E-state index in [1.54, 1.807) is 24.3 Å². The van der Waals surface area contributed by atoms with Crippen molar-refractivity contribution in [2.45, 2.75) is 13.2 Å². The summed E-state index contributed by atoms with van der Waals surface area (Å²) < 4.78 is 13.4. The number of nitrogens with zero attached hydrogens (tertiary/aromatic N) is 1. The van der Waals surface area contributed by atoms with Crippen molar-refractivity contribution in [2.75, 3.05) is 7.11 Å². The van der Waals surface area contributed by atoms with Crippen molar-refractivity contribution in [3.8, 4) is 5.88 Å². The zero-order chi connectivity index (χ0) is 24.2. The molecule has 0 saturated carbocycles. The minimum atomic E-state index is -0.610. The Morgan fingerprint density at radius 3 is 2.44 bits per heavy atom. The molecule has 0 fully saturated rings. The molecule has 0 unspecified atom stereocenters. The molecule has 0 saturated heterocycles. The molecule has 174 valence electrons. The summed E-state index contributed by atoms with van der Waals surface area (Å²) >= 11 is 9.51. The second kappa shape index (κ2) is 10.2. The molecule has 1 aromatic heterocycles. The van der Waals surface area contributed by atoms with Crippen LogP contribution in [0.3, 0.4) is 0 Å². The van der Waals surface area contributed by atoms with Crippen LogP contribution in [0.1, 0.15) is 31.8 Å². The third-order valence-electron chi connectivity index (χ3n) is 5.10. The Hall–Kier alpha value is -3.49. The summed E-state index contributed by atoms with van der Waals surface area (Å²) in [4.78, 5) is 30.7. The largest absolute Gasteiger partial charge is 0.471 e. The summed E-state index contributed by atoms with van der Waals surface area (Å²) in [5.74, 6) is -1.07. The van der Waals surface area contributed by atoms with E-state index in [-0.39, 0.29) is 30.2 Å². The number of halogens is 2. The van der Waals surface area contributed by atoms with Crippen LogP contribution in [0.5, 0.6) is 5.88 Å². The van der Waals surface area contributed by atoms with Gasteiger partial charge in [-0.2, -0.15) is 0 Å². The molecule has 0 radical (unpaired) electrons. The van der Waals surface area contributed by atoms with Gasteiger partial charge in [-0.15, -0.1) is 4.73 Å². The van der Waals surface area contributed by atoms with Crippen LogP contribution in [-0.2, 0) is 18.0 Å². The molecule has 2 N–H and O–H groups in total. The second-order valence-corrected chi connectivity index (χ2v) is 8.73. The Kier molecular flexibility index (Phi) is 7.09. The minimum Gasteiger partial charge on any atom is -0.471 e. The summed E-state index contributed by atoms with van der Waals surface area (Å²) in [6.45, 7) is 0.289. The SMILES string of the molecule is COC(=O)c1c(OCc2ccc(Br)cc2)n(OCc2cccc(Cl)c2)c2cc(C(N)=O)ccc12. The van der Waals surface area contributed by atoms with Gasteiger partial charge in [-0.05, 0) is 47.5 Å². The maximum absolute atomic E-state index is 12.8. The highest BCUT2D eigenvalue weighted by atomic mass is 79.9. The fourth-order valence-corrected chi connectivity index (χ4v) is 3.92. The van der Waals surface area contributed by atoms with Crippen LogP contribution in [0.4, 0.5) is 0 Å². The molecule has 4 rings (SSSR count). The van der Waals surface area contributed by atoms with Gasteiger partial charge in [0.1, 0.15) is 18.8 Å². The zero-order valence-electron chi connectivity index (χ0n) is 18.1. The van der Waals surface area contributed by atoms with Crippen molar-refractivity contribution in [3.05, 3.63) is 98.5 Å². The lowest BCUT2D eigenvalue weighted by Crippen LogP contribution is -2.15. The van der Waals surface area contributed by atoms with Gasteiger partial charge in [0.25, 0.3) is 0 Å². The predicted octanol–water partition coefficient (Wildman–Crippen LogP) is 5.15. The van der Waals surface area contributed by atoms with Gasteiger partial charge in [-0.25, -0.2) is 4.79 Å². The van der Waals surface area contributed by atoms with Crippen LogP contribution in [0, 0.1) is 0 Å². The highest BCUT2D eigenvalue weighted by Gasteiger charge is 2.27. The Morgan fingerprint density at radius 2 is 1.76 bits per heavy atom.